The molecule has 1 atom stereocenters. The first-order chi connectivity index (χ1) is 14.6. The Kier molecular flexibility index (Phi) is 5.15. The largest absolute Gasteiger partial charge is 0.340 e. The normalized spacial score (nSPS) is 23.6. The highest BCUT2D eigenvalue weighted by Crippen LogP contribution is 2.52. The molecule has 6 nitrogen and oxygen atoms in total. The van der Waals surface area contributed by atoms with Gasteiger partial charge >= 0.3 is 0 Å². The van der Waals surface area contributed by atoms with E-state index < -0.39 is 0 Å². The summed E-state index contributed by atoms with van der Waals surface area (Å²) in [4.78, 5) is 28.8. The highest BCUT2D eigenvalue weighted by Gasteiger charge is 2.54. The Bertz CT molecular complexity index is 895. The lowest BCUT2D eigenvalue weighted by Crippen LogP contribution is -2.53. The minimum atomic E-state index is -0.194. The number of amides is 1. The molecule has 1 aliphatic carbocycles. The van der Waals surface area contributed by atoms with Gasteiger partial charge in [0.2, 0.25) is 11.9 Å². The van der Waals surface area contributed by atoms with Crippen LogP contribution in [0.4, 0.5) is 10.3 Å². The highest BCUT2D eigenvalue weighted by atomic mass is 19.1. The zero-order valence-electron chi connectivity index (χ0n) is 17.2. The highest BCUT2D eigenvalue weighted by molar-refractivity contribution is 5.81. The number of hydrogen-bond acceptors (Lipinski definition) is 5. The van der Waals surface area contributed by atoms with Crippen molar-refractivity contribution in [1.82, 2.24) is 19.8 Å². The molecule has 2 aliphatic heterocycles. The van der Waals surface area contributed by atoms with Gasteiger partial charge in [-0.05, 0) is 36.6 Å². The maximum Gasteiger partial charge on any atom is 0.228 e. The van der Waals surface area contributed by atoms with Crippen LogP contribution in [-0.2, 0) is 11.3 Å². The van der Waals surface area contributed by atoms with E-state index in [1.54, 1.807) is 24.5 Å². The first-order valence-corrected chi connectivity index (χ1v) is 10.9. The van der Waals surface area contributed by atoms with Crippen molar-refractivity contribution < 1.29 is 9.18 Å². The third-order valence-electron chi connectivity index (χ3n) is 7.11. The standard InChI is InChI=1S/C23H28FN5O/c24-19-5-1-4-18(14-19)15-27-10-12-28(13-11-27)21(30)20-16-29(17-23(20)6-2-7-23)22-25-8-3-9-26-22/h1,3-5,8-9,14,20H,2,6-7,10-13,15-17H2. The van der Waals surface area contributed by atoms with Crippen LogP contribution in [0.15, 0.2) is 42.7 Å². The van der Waals surface area contributed by atoms with Crippen molar-refractivity contribution in [1.29, 1.82) is 0 Å². The molecule has 1 aromatic heterocycles. The van der Waals surface area contributed by atoms with Crippen LogP contribution >= 0.6 is 0 Å². The topological polar surface area (TPSA) is 52.6 Å². The Balaban J connectivity index is 1.22. The summed E-state index contributed by atoms with van der Waals surface area (Å²) in [6, 6.07) is 8.60. The van der Waals surface area contributed by atoms with E-state index in [1.165, 1.54) is 12.5 Å². The molecule has 30 heavy (non-hydrogen) atoms. The Morgan fingerprint density at radius 1 is 1.10 bits per heavy atom. The van der Waals surface area contributed by atoms with Crippen molar-refractivity contribution in [3.63, 3.8) is 0 Å². The van der Waals surface area contributed by atoms with Gasteiger partial charge in [-0.3, -0.25) is 9.69 Å². The second-order valence-electron chi connectivity index (χ2n) is 8.93. The summed E-state index contributed by atoms with van der Waals surface area (Å²) in [5.74, 6) is 0.864. The maximum atomic E-state index is 13.5. The minimum Gasteiger partial charge on any atom is -0.340 e. The molecule has 0 bridgehead atoms. The first kappa shape index (κ1) is 19.4. The summed E-state index contributed by atoms with van der Waals surface area (Å²) < 4.78 is 13.4. The summed E-state index contributed by atoms with van der Waals surface area (Å²) >= 11 is 0. The Morgan fingerprint density at radius 3 is 2.53 bits per heavy atom. The van der Waals surface area contributed by atoms with E-state index in [4.69, 9.17) is 0 Å². The van der Waals surface area contributed by atoms with E-state index in [9.17, 15) is 9.18 Å². The molecule has 1 amide bonds. The molecule has 0 radical (unpaired) electrons. The van der Waals surface area contributed by atoms with E-state index in [-0.39, 0.29) is 17.2 Å². The van der Waals surface area contributed by atoms with Crippen molar-refractivity contribution in [3.8, 4) is 0 Å². The van der Waals surface area contributed by atoms with E-state index in [1.807, 2.05) is 17.0 Å². The van der Waals surface area contributed by atoms with Gasteiger partial charge in [-0.2, -0.15) is 0 Å². The van der Waals surface area contributed by atoms with Gasteiger partial charge in [0.25, 0.3) is 0 Å². The van der Waals surface area contributed by atoms with Crippen LogP contribution in [0.2, 0.25) is 0 Å². The second kappa shape index (κ2) is 7.95. The number of carbonyl (C=O) groups excluding carboxylic acids is 1. The van der Waals surface area contributed by atoms with Crippen LogP contribution in [0.5, 0.6) is 0 Å². The number of carbonyl (C=O) groups is 1. The van der Waals surface area contributed by atoms with Crippen LogP contribution in [0.1, 0.15) is 24.8 Å². The molecule has 2 aromatic rings. The van der Waals surface area contributed by atoms with Gasteiger partial charge in [-0.25, -0.2) is 14.4 Å². The fourth-order valence-electron chi connectivity index (χ4n) is 5.29. The molecule has 1 aromatic carbocycles. The summed E-state index contributed by atoms with van der Waals surface area (Å²) in [7, 11) is 0. The van der Waals surface area contributed by atoms with Gasteiger partial charge in [0.05, 0.1) is 5.92 Å². The lowest BCUT2D eigenvalue weighted by molar-refractivity contribution is -0.142. The fraction of sp³-hybridized carbons (Fsp3) is 0.522. The number of aromatic nitrogens is 2. The number of piperazine rings is 1. The van der Waals surface area contributed by atoms with Crippen molar-refractivity contribution in [2.24, 2.45) is 11.3 Å². The Labute approximate surface area is 176 Å². The smallest absolute Gasteiger partial charge is 0.228 e. The number of nitrogens with zero attached hydrogens (tertiary/aromatic N) is 5. The van der Waals surface area contributed by atoms with E-state index >= 15 is 0 Å². The zero-order chi connectivity index (χ0) is 20.6. The number of anilines is 1. The summed E-state index contributed by atoms with van der Waals surface area (Å²) in [5, 5.41) is 0. The molecular weight excluding hydrogens is 381 g/mol. The van der Waals surface area contributed by atoms with Crippen LogP contribution in [0, 0.1) is 17.2 Å². The average molecular weight is 410 g/mol. The van der Waals surface area contributed by atoms with Crippen molar-refractivity contribution in [2.75, 3.05) is 44.2 Å². The molecule has 3 aliphatic rings. The number of rotatable bonds is 4. The molecule has 3 fully saturated rings. The molecule has 0 N–H and O–H groups in total. The SMILES string of the molecule is O=C(C1CN(c2ncccn2)CC12CCC2)N1CCN(Cc2cccc(F)c2)CC1. The van der Waals surface area contributed by atoms with E-state index in [0.29, 0.717) is 12.5 Å². The number of halogens is 1. The van der Waals surface area contributed by atoms with Crippen molar-refractivity contribution in [3.05, 3.63) is 54.1 Å². The summed E-state index contributed by atoms with van der Waals surface area (Å²) in [6.45, 7) is 5.46. The van der Waals surface area contributed by atoms with Gasteiger partial charge in [-0.1, -0.05) is 18.6 Å². The van der Waals surface area contributed by atoms with Gasteiger partial charge < -0.3 is 9.80 Å². The molecule has 1 saturated carbocycles. The fourth-order valence-corrected chi connectivity index (χ4v) is 5.29. The second-order valence-corrected chi connectivity index (χ2v) is 8.93. The van der Waals surface area contributed by atoms with E-state index in [0.717, 1.165) is 63.6 Å². The lowest BCUT2D eigenvalue weighted by atomic mass is 9.62. The monoisotopic (exact) mass is 409 g/mol. The van der Waals surface area contributed by atoms with Crippen molar-refractivity contribution in [2.45, 2.75) is 25.8 Å². The number of hydrogen-bond donors (Lipinski definition) is 0. The first-order valence-electron chi connectivity index (χ1n) is 10.9. The Hall–Kier alpha value is -2.54. The van der Waals surface area contributed by atoms with Crippen LogP contribution in [0.25, 0.3) is 0 Å². The predicted octanol–water partition coefficient (Wildman–Crippen LogP) is 2.57. The van der Waals surface area contributed by atoms with Crippen LogP contribution in [-0.4, -0.2) is 64.9 Å². The summed E-state index contributed by atoms with van der Waals surface area (Å²) in [5.41, 5.74) is 1.08. The third kappa shape index (κ3) is 3.67. The Morgan fingerprint density at radius 2 is 1.87 bits per heavy atom. The molecule has 3 heterocycles. The van der Waals surface area contributed by atoms with Crippen LogP contribution in [0.3, 0.4) is 0 Å². The molecule has 7 heteroatoms. The molecule has 1 unspecified atom stereocenters. The third-order valence-corrected chi connectivity index (χ3v) is 7.11. The van der Waals surface area contributed by atoms with Gasteiger partial charge in [-0.15, -0.1) is 0 Å². The maximum absolute atomic E-state index is 13.5. The zero-order valence-corrected chi connectivity index (χ0v) is 17.2. The quantitative estimate of drug-likeness (QED) is 0.777. The minimum absolute atomic E-state index is 0.0322. The van der Waals surface area contributed by atoms with Gasteiger partial charge in [0, 0.05) is 63.6 Å². The lowest BCUT2D eigenvalue weighted by Gasteiger charge is -2.44. The predicted molar refractivity (Wildman–Crippen MR) is 112 cm³/mol. The van der Waals surface area contributed by atoms with Crippen molar-refractivity contribution >= 4 is 11.9 Å². The van der Waals surface area contributed by atoms with Gasteiger partial charge in [0.1, 0.15) is 5.82 Å². The van der Waals surface area contributed by atoms with Gasteiger partial charge in [0.15, 0.2) is 0 Å². The molecule has 5 rings (SSSR count). The molecule has 1 spiro atoms. The average Bonchev–Trinajstić information content (AvgIpc) is 3.16. The number of benzene rings is 1. The summed E-state index contributed by atoms with van der Waals surface area (Å²) in [6.07, 6.45) is 6.97. The molecular formula is C23H28FN5O. The molecule has 158 valence electrons. The molecule has 2 saturated heterocycles. The van der Waals surface area contributed by atoms with Crippen LogP contribution < -0.4 is 4.90 Å². The van der Waals surface area contributed by atoms with E-state index in [2.05, 4.69) is 19.8 Å².